The Balaban J connectivity index is 1.51. The fraction of sp³-hybridized carbons (Fsp3) is 0.167. The van der Waals surface area contributed by atoms with Crippen molar-refractivity contribution in [1.82, 2.24) is 24.6 Å². The third-order valence-corrected chi connectivity index (χ3v) is 6.79. The molecule has 152 valence electrons. The molecule has 2 aromatic carbocycles. The number of fused-ring (bicyclic) bond motifs is 1. The highest BCUT2D eigenvalue weighted by Gasteiger charge is 2.34. The van der Waals surface area contributed by atoms with Crippen molar-refractivity contribution < 1.29 is 0 Å². The maximum atomic E-state index is 6.52. The molecule has 0 atom stereocenters. The zero-order valence-corrected chi connectivity index (χ0v) is 17.6. The van der Waals surface area contributed by atoms with Gasteiger partial charge in [-0.1, -0.05) is 54.6 Å². The summed E-state index contributed by atoms with van der Waals surface area (Å²) in [5.41, 5.74) is 11.5. The van der Waals surface area contributed by atoms with Crippen LogP contribution in [0, 0.1) is 0 Å². The van der Waals surface area contributed by atoms with Gasteiger partial charge in [-0.15, -0.1) is 16.4 Å². The Morgan fingerprint density at radius 3 is 2.42 bits per heavy atom. The summed E-state index contributed by atoms with van der Waals surface area (Å²) in [5, 5.41) is 7.32. The SMILES string of the molecule is NC1(c2ccc(-c3nc4nc(-c5nccs5)nn4cc3-c3ccccc3)cc2)CCC1. The third kappa shape index (κ3) is 3.13. The second-order valence-corrected chi connectivity index (χ2v) is 8.87. The van der Waals surface area contributed by atoms with Gasteiger partial charge in [0.25, 0.3) is 5.78 Å². The van der Waals surface area contributed by atoms with Gasteiger partial charge in [0, 0.05) is 34.4 Å². The Labute approximate surface area is 183 Å². The second-order valence-electron chi connectivity index (χ2n) is 7.97. The quantitative estimate of drug-likeness (QED) is 0.443. The van der Waals surface area contributed by atoms with Gasteiger partial charge >= 0.3 is 0 Å². The second kappa shape index (κ2) is 7.08. The summed E-state index contributed by atoms with van der Waals surface area (Å²) in [4.78, 5) is 13.9. The Hall–Kier alpha value is -3.42. The van der Waals surface area contributed by atoms with E-state index in [-0.39, 0.29) is 5.54 Å². The lowest BCUT2D eigenvalue weighted by Gasteiger charge is -2.38. The van der Waals surface area contributed by atoms with Crippen LogP contribution in [0.25, 0.3) is 39.0 Å². The van der Waals surface area contributed by atoms with Gasteiger partial charge in [0.15, 0.2) is 5.01 Å². The highest BCUT2D eigenvalue weighted by Crippen LogP contribution is 2.39. The predicted octanol–water partition coefficient (Wildman–Crippen LogP) is 4.92. The lowest BCUT2D eigenvalue weighted by Crippen LogP contribution is -2.43. The smallest absolute Gasteiger partial charge is 0.253 e. The molecule has 3 heterocycles. The van der Waals surface area contributed by atoms with Crippen molar-refractivity contribution in [1.29, 1.82) is 0 Å². The van der Waals surface area contributed by atoms with Crippen molar-refractivity contribution in [3.8, 4) is 33.2 Å². The summed E-state index contributed by atoms with van der Waals surface area (Å²) in [6.07, 6.45) is 7.05. The summed E-state index contributed by atoms with van der Waals surface area (Å²) in [6.45, 7) is 0. The van der Waals surface area contributed by atoms with Crippen molar-refractivity contribution in [2.24, 2.45) is 5.73 Å². The van der Waals surface area contributed by atoms with Crippen LogP contribution in [-0.4, -0.2) is 24.6 Å². The first kappa shape index (κ1) is 18.4. The number of thiazole rings is 1. The average Bonchev–Trinajstić information content (AvgIpc) is 3.47. The molecule has 1 aliphatic rings. The third-order valence-electron chi connectivity index (χ3n) is 6.02. The van der Waals surface area contributed by atoms with Gasteiger partial charge in [-0.05, 0) is 30.4 Å². The number of hydrogen-bond acceptors (Lipinski definition) is 6. The molecule has 0 unspecified atom stereocenters. The van der Waals surface area contributed by atoms with Gasteiger partial charge in [-0.25, -0.2) is 14.5 Å². The lowest BCUT2D eigenvalue weighted by molar-refractivity contribution is 0.253. The Bertz CT molecular complexity index is 1350. The molecule has 0 radical (unpaired) electrons. The van der Waals surface area contributed by atoms with E-state index in [0.717, 1.165) is 40.2 Å². The maximum Gasteiger partial charge on any atom is 0.253 e. The summed E-state index contributed by atoms with van der Waals surface area (Å²) in [6, 6.07) is 18.8. The molecule has 0 spiro atoms. The highest BCUT2D eigenvalue weighted by atomic mass is 32.1. The van der Waals surface area contributed by atoms with Crippen LogP contribution >= 0.6 is 11.3 Å². The van der Waals surface area contributed by atoms with Gasteiger partial charge in [0.2, 0.25) is 5.82 Å². The predicted molar refractivity (Wildman–Crippen MR) is 122 cm³/mol. The number of rotatable bonds is 4. The molecule has 5 aromatic rings. The van der Waals surface area contributed by atoms with Gasteiger partial charge in [0.05, 0.1) is 5.69 Å². The van der Waals surface area contributed by atoms with Crippen molar-refractivity contribution in [2.45, 2.75) is 24.8 Å². The van der Waals surface area contributed by atoms with Crippen molar-refractivity contribution in [3.63, 3.8) is 0 Å². The van der Waals surface area contributed by atoms with Crippen molar-refractivity contribution >= 4 is 17.1 Å². The minimum atomic E-state index is -0.173. The molecule has 3 aromatic heterocycles. The van der Waals surface area contributed by atoms with Gasteiger partial charge < -0.3 is 5.73 Å². The van der Waals surface area contributed by atoms with Crippen molar-refractivity contribution in [2.75, 3.05) is 0 Å². The van der Waals surface area contributed by atoms with Crippen molar-refractivity contribution in [3.05, 3.63) is 77.9 Å². The normalized spacial score (nSPS) is 15.1. The van der Waals surface area contributed by atoms with Gasteiger partial charge in [-0.3, -0.25) is 0 Å². The summed E-state index contributed by atoms with van der Waals surface area (Å²) in [7, 11) is 0. The number of nitrogens with zero attached hydrogens (tertiary/aromatic N) is 5. The van der Waals surface area contributed by atoms with Crippen LogP contribution in [0.1, 0.15) is 24.8 Å². The summed E-state index contributed by atoms with van der Waals surface area (Å²) >= 11 is 1.51. The van der Waals surface area contributed by atoms with E-state index in [1.165, 1.54) is 23.3 Å². The van der Waals surface area contributed by atoms with E-state index in [9.17, 15) is 0 Å². The van der Waals surface area contributed by atoms with E-state index >= 15 is 0 Å². The molecule has 6 nitrogen and oxygen atoms in total. The highest BCUT2D eigenvalue weighted by molar-refractivity contribution is 7.13. The van der Waals surface area contributed by atoms with Gasteiger partial charge in [-0.2, -0.15) is 4.98 Å². The van der Waals surface area contributed by atoms with Crippen LogP contribution in [0.2, 0.25) is 0 Å². The average molecular weight is 425 g/mol. The molecule has 1 fully saturated rings. The van der Waals surface area contributed by atoms with Crippen LogP contribution < -0.4 is 5.73 Å². The zero-order valence-electron chi connectivity index (χ0n) is 16.8. The van der Waals surface area contributed by atoms with Crippen LogP contribution in [-0.2, 0) is 5.54 Å². The molecule has 6 rings (SSSR count). The minimum absolute atomic E-state index is 0.173. The fourth-order valence-corrected chi connectivity index (χ4v) is 4.67. The van der Waals surface area contributed by atoms with E-state index in [1.807, 2.05) is 29.8 Å². The first-order valence-corrected chi connectivity index (χ1v) is 11.2. The molecule has 0 saturated heterocycles. The first-order chi connectivity index (χ1) is 15.2. The summed E-state index contributed by atoms with van der Waals surface area (Å²) in [5.74, 6) is 1.14. The number of nitrogens with two attached hydrogens (primary N) is 1. The molecular formula is C24H20N6S. The Morgan fingerprint density at radius 1 is 0.935 bits per heavy atom. The molecule has 7 heteroatoms. The minimum Gasteiger partial charge on any atom is -0.321 e. The summed E-state index contributed by atoms with van der Waals surface area (Å²) < 4.78 is 1.74. The molecule has 0 amide bonds. The number of aromatic nitrogens is 5. The van der Waals surface area contributed by atoms with E-state index in [1.54, 1.807) is 10.7 Å². The maximum absolute atomic E-state index is 6.52. The van der Waals surface area contributed by atoms with Crippen LogP contribution in [0.15, 0.2) is 72.4 Å². The molecule has 31 heavy (non-hydrogen) atoms. The van der Waals surface area contributed by atoms with Gasteiger partial charge in [0.1, 0.15) is 0 Å². The Morgan fingerprint density at radius 2 is 1.74 bits per heavy atom. The van der Waals surface area contributed by atoms with Crippen LogP contribution in [0.3, 0.4) is 0 Å². The van der Waals surface area contributed by atoms with E-state index < -0.39 is 0 Å². The van der Waals surface area contributed by atoms with Crippen LogP contribution in [0.5, 0.6) is 0 Å². The molecular weight excluding hydrogens is 404 g/mol. The van der Waals surface area contributed by atoms with Crippen LogP contribution in [0.4, 0.5) is 0 Å². The zero-order chi connectivity index (χ0) is 20.8. The largest absolute Gasteiger partial charge is 0.321 e. The Kier molecular flexibility index (Phi) is 4.19. The standard InChI is InChI=1S/C24H20N6S/c25-24(11-4-12-24)18-9-7-17(8-10-18)20-19(16-5-2-1-3-6-16)15-30-23(27-20)28-21(29-30)22-26-13-14-31-22/h1-3,5-10,13-15H,4,11-12,25H2. The van der Waals surface area contributed by atoms with E-state index in [4.69, 9.17) is 10.7 Å². The van der Waals surface area contributed by atoms with E-state index in [0.29, 0.717) is 11.6 Å². The monoisotopic (exact) mass is 424 g/mol. The molecule has 2 N–H and O–H groups in total. The fourth-order valence-electron chi connectivity index (χ4n) is 4.10. The first-order valence-electron chi connectivity index (χ1n) is 10.3. The van der Waals surface area contributed by atoms with E-state index in [2.05, 4.69) is 51.5 Å². The molecule has 0 bridgehead atoms. The molecule has 0 aliphatic heterocycles. The number of hydrogen-bond donors (Lipinski definition) is 1. The number of benzene rings is 2. The lowest BCUT2D eigenvalue weighted by atomic mass is 9.72. The topological polar surface area (TPSA) is 82.0 Å². The molecule has 1 aliphatic carbocycles. The molecule has 1 saturated carbocycles.